The molecule has 15 heavy (non-hydrogen) atoms. The molecule has 0 aliphatic carbocycles. The first-order valence-electron chi connectivity index (χ1n) is 5.66. The normalized spacial score (nSPS) is 24.0. The van der Waals surface area contributed by atoms with Crippen LogP contribution in [0.1, 0.15) is 19.8 Å². The Bertz CT molecular complexity index is 175. The summed E-state index contributed by atoms with van der Waals surface area (Å²) in [5.41, 5.74) is 5.86. The molecule has 0 amide bonds. The average Bonchev–Trinajstić information content (AvgIpc) is 2.30. The number of methoxy groups -OCH3 is 1. The maximum Gasteiger partial charge on any atom is 0.0670 e. The third kappa shape index (κ3) is 3.63. The number of piperidine rings is 1. The minimum absolute atomic E-state index is 0.338. The Morgan fingerprint density at radius 1 is 1.47 bits per heavy atom. The highest BCUT2D eigenvalue weighted by Gasteiger charge is 2.32. The highest BCUT2D eigenvalue weighted by Crippen LogP contribution is 2.33. The Morgan fingerprint density at radius 3 is 2.47 bits per heavy atom. The van der Waals surface area contributed by atoms with Gasteiger partial charge in [-0.1, -0.05) is 0 Å². The lowest BCUT2D eigenvalue weighted by molar-refractivity contribution is 0.0660. The predicted molar refractivity (Wildman–Crippen MR) is 67.4 cm³/mol. The van der Waals surface area contributed by atoms with Crippen LogP contribution in [-0.2, 0) is 4.74 Å². The zero-order valence-corrected chi connectivity index (χ0v) is 11.0. The molecular weight excluding hydrogens is 208 g/mol. The van der Waals surface area contributed by atoms with Crippen molar-refractivity contribution in [2.45, 2.75) is 30.6 Å². The number of nitrogens with two attached hydrogens (primary N) is 1. The molecule has 0 saturated carbocycles. The highest BCUT2D eigenvalue weighted by atomic mass is 32.2. The zero-order valence-electron chi connectivity index (χ0n) is 10.2. The summed E-state index contributed by atoms with van der Waals surface area (Å²) in [7, 11) is 1.78. The highest BCUT2D eigenvalue weighted by molar-refractivity contribution is 8.00. The van der Waals surface area contributed by atoms with Gasteiger partial charge in [-0.3, -0.25) is 0 Å². The van der Waals surface area contributed by atoms with Crippen molar-refractivity contribution in [3.8, 4) is 0 Å². The lowest BCUT2D eigenvalue weighted by Gasteiger charge is -2.40. The summed E-state index contributed by atoms with van der Waals surface area (Å²) in [5.74, 6) is 0. The fourth-order valence-corrected chi connectivity index (χ4v) is 2.83. The SMILES string of the molecule is COC(C)CN1CCC(CN)(SC)CC1. The van der Waals surface area contributed by atoms with E-state index in [-0.39, 0.29) is 0 Å². The van der Waals surface area contributed by atoms with Crippen LogP contribution in [0.3, 0.4) is 0 Å². The Labute approximate surface area is 97.7 Å². The smallest absolute Gasteiger partial charge is 0.0670 e. The third-order valence-electron chi connectivity index (χ3n) is 3.49. The number of nitrogens with zero attached hydrogens (tertiary/aromatic N) is 1. The van der Waals surface area contributed by atoms with Crippen LogP contribution in [0.15, 0.2) is 0 Å². The van der Waals surface area contributed by atoms with Crippen molar-refractivity contribution >= 4 is 11.8 Å². The van der Waals surface area contributed by atoms with Crippen LogP contribution in [0.4, 0.5) is 0 Å². The summed E-state index contributed by atoms with van der Waals surface area (Å²) < 4.78 is 5.63. The molecule has 90 valence electrons. The van der Waals surface area contributed by atoms with Gasteiger partial charge in [0.15, 0.2) is 0 Å². The maximum absolute atomic E-state index is 5.86. The largest absolute Gasteiger partial charge is 0.380 e. The van der Waals surface area contributed by atoms with Crippen molar-refractivity contribution in [2.75, 3.05) is 39.5 Å². The van der Waals surface area contributed by atoms with Crippen LogP contribution in [0.5, 0.6) is 0 Å². The molecule has 0 radical (unpaired) electrons. The standard InChI is InChI=1S/C11H24N2OS/c1-10(14-2)8-13-6-4-11(9-12,15-3)5-7-13/h10H,4-9,12H2,1-3H3. The summed E-state index contributed by atoms with van der Waals surface area (Å²) in [6.07, 6.45) is 4.94. The van der Waals surface area contributed by atoms with E-state index in [1.165, 1.54) is 12.8 Å². The minimum Gasteiger partial charge on any atom is -0.380 e. The number of hydrogen-bond donors (Lipinski definition) is 1. The van der Waals surface area contributed by atoms with E-state index in [1.807, 2.05) is 11.8 Å². The Morgan fingerprint density at radius 2 is 2.07 bits per heavy atom. The lowest BCUT2D eigenvalue weighted by atomic mass is 9.95. The summed E-state index contributed by atoms with van der Waals surface area (Å²) in [6, 6.07) is 0. The van der Waals surface area contributed by atoms with Crippen LogP contribution in [0, 0.1) is 0 Å². The van der Waals surface area contributed by atoms with Gasteiger partial charge in [0.2, 0.25) is 0 Å². The van der Waals surface area contributed by atoms with E-state index in [0.29, 0.717) is 10.9 Å². The number of likely N-dealkylation sites (tertiary alicyclic amines) is 1. The molecule has 0 spiro atoms. The molecule has 1 aliphatic heterocycles. The topological polar surface area (TPSA) is 38.5 Å². The molecule has 1 atom stereocenters. The lowest BCUT2D eigenvalue weighted by Crippen LogP contribution is -2.48. The first-order valence-corrected chi connectivity index (χ1v) is 6.88. The second-order valence-corrected chi connectivity index (χ2v) is 5.71. The Hall–Kier alpha value is 0.230. The van der Waals surface area contributed by atoms with Gasteiger partial charge < -0.3 is 15.4 Å². The van der Waals surface area contributed by atoms with E-state index in [2.05, 4.69) is 18.1 Å². The van der Waals surface area contributed by atoms with Gasteiger partial charge in [0.1, 0.15) is 0 Å². The second kappa shape index (κ2) is 6.09. The van der Waals surface area contributed by atoms with Crippen molar-refractivity contribution in [2.24, 2.45) is 5.73 Å². The molecule has 1 aliphatic rings. The second-order valence-electron chi connectivity index (χ2n) is 4.44. The molecule has 2 N–H and O–H groups in total. The van der Waals surface area contributed by atoms with Gasteiger partial charge in [-0.15, -0.1) is 0 Å². The maximum atomic E-state index is 5.86. The Balaban J connectivity index is 2.35. The molecule has 1 fully saturated rings. The van der Waals surface area contributed by atoms with Gasteiger partial charge in [0, 0.05) is 24.9 Å². The van der Waals surface area contributed by atoms with E-state index in [9.17, 15) is 0 Å². The molecule has 0 aromatic heterocycles. The van der Waals surface area contributed by atoms with E-state index in [0.717, 1.165) is 26.2 Å². The average molecular weight is 232 g/mol. The molecule has 1 rings (SSSR count). The van der Waals surface area contributed by atoms with Gasteiger partial charge in [0.05, 0.1) is 6.10 Å². The number of thioether (sulfide) groups is 1. The molecule has 0 aromatic carbocycles. The van der Waals surface area contributed by atoms with Crippen molar-refractivity contribution in [3.05, 3.63) is 0 Å². The van der Waals surface area contributed by atoms with E-state index < -0.39 is 0 Å². The summed E-state index contributed by atoms with van der Waals surface area (Å²) in [5, 5.41) is 0. The third-order valence-corrected chi connectivity index (χ3v) is 4.93. The van der Waals surface area contributed by atoms with Crippen LogP contribution in [0.2, 0.25) is 0 Å². The fourth-order valence-electron chi connectivity index (χ4n) is 2.07. The van der Waals surface area contributed by atoms with Crippen LogP contribution in [0.25, 0.3) is 0 Å². The predicted octanol–water partition coefficient (Wildman–Crippen LogP) is 1.18. The summed E-state index contributed by atoms with van der Waals surface area (Å²) >= 11 is 1.94. The fraction of sp³-hybridized carbons (Fsp3) is 1.00. The molecule has 0 aromatic rings. The van der Waals surface area contributed by atoms with Gasteiger partial charge in [-0.05, 0) is 39.1 Å². The van der Waals surface area contributed by atoms with Gasteiger partial charge in [0.25, 0.3) is 0 Å². The number of rotatable bonds is 5. The molecule has 4 heteroatoms. The van der Waals surface area contributed by atoms with Gasteiger partial charge >= 0.3 is 0 Å². The van der Waals surface area contributed by atoms with E-state index in [1.54, 1.807) is 7.11 Å². The molecule has 3 nitrogen and oxygen atoms in total. The Kier molecular flexibility index (Phi) is 5.39. The van der Waals surface area contributed by atoms with Crippen molar-refractivity contribution in [3.63, 3.8) is 0 Å². The van der Waals surface area contributed by atoms with E-state index in [4.69, 9.17) is 10.5 Å². The van der Waals surface area contributed by atoms with Crippen molar-refractivity contribution < 1.29 is 4.74 Å². The van der Waals surface area contributed by atoms with E-state index >= 15 is 0 Å². The van der Waals surface area contributed by atoms with Crippen molar-refractivity contribution in [1.29, 1.82) is 0 Å². The van der Waals surface area contributed by atoms with Crippen LogP contribution >= 0.6 is 11.8 Å². The summed E-state index contributed by atoms with van der Waals surface area (Å²) in [4.78, 5) is 2.48. The van der Waals surface area contributed by atoms with Gasteiger partial charge in [-0.2, -0.15) is 11.8 Å². The molecule has 1 heterocycles. The molecule has 0 bridgehead atoms. The first-order chi connectivity index (χ1) is 7.15. The molecular formula is C11H24N2OS. The molecule has 1 unspecified atom stereocenters. The first kappa shape index (κ1) is 13.3. The van der Waals surface area contributed by atoms with Crippen molar-refractivity contribution in [1.82, 2.24) is 4.90 Å². The minimum atomic E-state index is 0.338. The van der Waals surface area contributed by atoms with Gasteiger partial charge in [-0.25, -0.2) is 0 Å². The molecule has 1 saturated heterocycles. The summed E-state index contributed by atoms with van der Waals surface area (Å²) in [6.45, 7) is 6.30. The van der Waals surface area contributed by atoms with Crippen LogP contribution in [-0.4, -0.2) is 55.3 Å². The zero-order chi connectivity index (χ0) is 11.3. The number of ether oxygens (including phenoxy) is 1. The van der Waals surface area contributed by atoms with Crippen LogP contribution < -0.4 is 5.73 Å². The monoisotopic (exact) mass is 232 g/mol. The quantitative estimate of drug-likeness (QED) is 0.772. The number of hydrogen-bond acceptors (Lipinski definition) is 4.